The standard InChI is InChI=1S/C13H13Cl2N3S/c1-2-16-13-17-7-11(15)12(18-13)19-8-9-3-5-10(14)6-4-9/h3-7H,2,8H2,1H3,(H,16,17,18). The molecule has 1 aromatic heterocycles. The summed E-state index contributed by atoms with van der Waals surface area (Å²) in [5, 5.41) is 5.16. The molecule has 0 spiro atoms. The number of hydrogen-bond donors (Lipinski definition) is 1. The Balaban J connectivity index is 2.05. The monoisotopic (exact) mass is 313 g/mol. The molecule has 0 radical (unpaired) electrons. The van der Waals surface area contributed by atoms with Crippen LogP contribution in [0.25, 0.3) is 0 Å². The molecule has 0 atom stereocenters. The quantitative estimate of drug-likeness (QED) is 0.651. The van der Waals surface area contributed by atoms with Gasteiger partial charge in [0.25, 0.3) is 0 Å². The third-order valence-electron chi connectivity index (χ3n) is 2.34. The van der Waals surface area contributed by atoms with E-state index in [1.54, 1.807) is 18.0 Å². The van der Waals surface area contributed by atoms with Crippen molar-refractivity contribution in [3.8, 4) is 0 Å². The van der Waals surface area contributed by atoms with Crippen molar-refractivity contribution in [2.45, 2.75) is 17.7 Å². The number of anilines is 1. The van der Waals surface area contributed by atoms with Gasteiger partial charge in [0.05, 0.1) is 11.2 Å². The zero-order chi connectivity index (χ0) is 13.7. The van der Waals surface area contributed by atoms with Crippen molar-refractivity contribution < 1.29 is 0 Å². The third kappa shape index (κ3) is 4.27. The van der Waals surface area contributed by atoms with Crippen LogP contribution < -0.4 is 5.32 Å². The second-order valence-corrected chi connectivity index (χ2v) is 5.60. The van der Waals surface area contributed by atoms with Crippen LogP contribution in [-0.2, 0) is 5.75 Å². The minimum Gasteiger partial charge on any atom is -0.354 e. The Bertz CT molecular complexity index is 546. The van der Waals surface area contributed by atoms with Gasteiger partial charge in [-0.1, -0.05) is 47.1 Å². The van der Waals surface area contributed by atoms with Gasteiger partial charge in [-0.25, -0.2) is 9.97 Å². The lowest BCUT2D eigenvalue weighted by atomic mass is 10.2. The Morgan fingerprint density at radius 2 is 1.95 bits per heavy atom. The molecule has 1 N–H and O–H groups in total. The Kier molecular flexibility index (Phi) is 5.31. The van der Waals surface area contributed by atoms with Gasteiger partial charge >= 0.3 is 0 Å². The molecule has 0 bridgehead atoms. The zero-order valence-corrected chi connectivity index (χ0v) is 12.7. The van der Waals surface area contributed by atoms with Gasteiger partial charge < -0.3 is 5.32 Å². The van der Waals surface area contributed by atoms with Crippen LogP contribution in [0.4, 0.5) is 5.95 Å². The molecule has 100 valence electrons. The summed E-state index contributed by atoms with van der Waals surface area (Å²) in [6.07, 6.45) is 1.62. The molecule has 6 heteroatoms. The van der Waals surface area contributed by atoms with Gasteiger partial charge in [-0.05, 0) is 24.6 Å². The number of hydrogen-bond acceptors (Lipinski definition) is 4. The molecule has 0 unspecified atom stereocenters. The molecule has 1 heterocycles. The normalized spacial score (nSPS) is 10.5. The van der Waals surface area contributed by atoms with E-state index >= 15 is 0 Å². The Labute approximate surface area is 126 Å². The van der Waals surface area contributed by atoms with E-state index < -0.39 is 0 Å². The van der Waals surface area contributed by atoms with Crippen LogP contribution in [0.2, 0.25) is 10.0 Å². The van der Waals surface area contributed by atoms with Gasteiger partial charge in [-0.15, -0.1) is 0 Å². The molecule has 0 saturated heterocycles. The average Bonchev–Trinajstić information content (AvgIpc) is 2.41. The van der Waals surface area contributed by atoms with Crippen LogP contribution in [0.1, 0.15) is 12.5 Å². The maximum Gasteiger partial charge on any atom is 0.223 e. The topological polar surface area (TPSA) is 37.8 Å². The van der Waals surface area contributed by atoms with E-state index in [4.69, 9.17) is 23.2 Å². The lowest BCUT2D eigenvalue weighted by Gasteiger charge is -2.06. The predicted molar refractivity (Wildman–Crippen MR) is 82.2 cm³/mol. The first kappa shape index (κ1) is 14.4. The van der Waals surface area contributed by atoms with Crippen LogP contribution in [0.15, 0.2) is 35.5 Å². The maximum atomic E-state index is 6.09. The van der Waals surface area contributed by atoms with E-state index in [9.17, 15) is 0 Å². The lowest BCUT2D eigenvalue weighted by molar-refractivity contribution is 1.01. The highest BCUT2D eigenvalue weighted by Gasteiger charge is 2.06. The molecule has 0 aliphatic carbocycles. The first-order valence-corrected chi connectivity index (χ1v) is 7.57. The molecule has 1 aromatic carbocycles. The van der Waals surface area contributed by atoms with Crippen molar-refractivity contribution in [2.75, 3.05) is 11.9 Å². The first-order chi connectivity index (χ1) is 9.19. The van der Waals surface area contributed by atoms with Crippen LogP contribution in [0.5, 0.6) is 0 Å². The largest absolute Gasteiger partial charge is 0.354 e. The fourth-order valence-electron chi connectivity index (χ4n) is 1.43. The number of aromatic nitrogens is 2. The van der Waals surface area contributed by atoms with Crippen molar-refractivity contribution in [1.82, 2.24) is 9.97 Å². The predicted octanol–water partition coefficient (Wildman–Crippen LogP) is 4.51. The summed E-state index contributed by atoms with van der Waals surface area (Å²) < 4.78 is 0. The lowest BCUT2D eigenvalue weighted by Crippen LogP contribution is -2.02. The highest BCUT2D eigenvalue weighted by molar-refractivity contribution is 7.98. The van der Waals surface area contributed by atoms with E-state index in [2.05, 4.69) is 15.3 Å². The Morgan fingerprint density at radius 1 is 1.21 bits per heavy atom. The molecule has 19 heavy (non-hydrogen) atoms. The minimum atomic E-state index is 0.570. The molecule has 2 rings (SSSR count). The molecule has 0 saturated carbocycles. The van der Waals surface area contributed by atoms with Crippen LogP contribution in [0.3, 0.4) is 0 Å². The molecule has 2 aromatic rings. The van der Waals surface area contributed by atoms with Gasteiger partial charge in [-0.2, -0.15) is 0 Å². The molecule has 3 nitrogen and oxygen atoms in total. The van der Waals surface area contributed by atoms with Crippen molar-refractivity contribution in [1.29, 1.82) is 0 Å². The Hall–Kier alpha value is -0.970. The summed E-state index contributed by atoms with van der Waals surface area (Å²) in [5.74, 6) is 1.39. The number of nitrogens with one attached hydrogen (secondary N) is 1. The maximum absolute atomic E-state index is 6.09. The molecule has 0 amide bonds. The van der Waals surface area contributed by atoms with Crippen molar-refractivity contribution in [3.05, 3.63) is 46.1 Å². The van der Waals surface area contributed by atoms with Gasteiger partial charge in [0.1, 0.15) is 5.03 Å². The van der Waals surface area contributed by atoms with Gasteiger partial charge in [0, 0.05) is 17.3 Å². The van der Waals surface area contributed by atoms with Crippen LogP contribution >= 0.6 is 35.0 Å². The van der Waals surface area contributed by atoms with Gasteiger partial charge in [-0.3, -0.25) is 0 Å². The zero-order valence-electron chi connectivity index (χ0n) is 10.4. The van der Waals surface area contributed by atoms with E-state index in [0.717, 1.165) is 22.3 Å². The van der Waals surface area contributed by atoms with E-state index in [1.807, 2.05) is 31.2 Å². The van der Waals surface area contributed by atoms with Gasteiger partial charge in [0.15, 0.2) is 0 Å². The number of halogens is 2. The fourth-order valence-corrected chi connectivity index (χ4v) is 2.65. The van der Waals surface area contributed by atoms with Crippen molar-refractivity contribution in [2.24, 2.45) is 0 Å². The van der Waals surface area contributed by atoms with Gasteiger partial charge in [0.2, 0.25) is 5.95 Å². The number of benzene rings is 1. The minimum absolute atomic E-state index is 0.570. The highest BCUT2D eigenvalue weighted by Crippen LogP contribution is 2.28. The summed E-state index contributed by atoms with van der Waals surface area (Å²) >= 11 is 13.5. The second-order valence-electron chi connectivity index (χ2n) is 3.79. The van der Waals surface area contributed by atoms with Crippen molar-refractivity contribution in [3.63, 3.8) is 0 Å². The van der Waals surface area contributed by atoms with E-state index in [0.29, 0.717) is 11.0 Å². The van der Waals surface area contributed by atoms with E-state index in [-0.39, 0.29) is 0 Å². The summed E-state index contributed by atoms with van der Waals surface area (Å²) in [5.41, 5.74) is 1.18. The second kappa shape index (κ2) is 6.98. The SMILES string of the molecule is CCNc1ncc(Cl)c(SCc2ccc(Cl)cc2)n1. The molecule has 0 aliphatic rings. The average molecular weight is 314 g/mol. The van der Waals surface area contributed by atoms with Crippen molar-refractivity contribution >= 4 is 40.9 Å². The van der Waals surface area contributed by atoms with E-state index in [1.165, 1.54) is 5.56 Å². The third-order valence-corrected chi connectivity index (χ3v) is 4.04. The molecular formula is C13H13Cl2N3S. The van der Waals surface area contributed by atoms with Crippen LogP contribution in [-0.4, -0.2) is 16.5 Å². The Morgan fingerprint density at radius 3 is 2.63 bits per heavy atom. The fraction of sp³-hybridized carbons (Fsp3) is 0.231. The first-order valence-electron chi connectivity index (χ1n) is 5.82. The summed E-state index contributed by atoms with van der Waals surface area (Å²) in [6, 6.07) is 7.75. The number of thioether (sulfide) groups is 1. The summed E-state index contributed by atoms with van der Waals surface area (Å²) in [7, 11) is 0. The molecule has 0 aliphatic heterocycles. The highest BCUT2D eigenvalue weighted by atomic mass is 35.5. The molecular weight excluding hydrogens is 301 g/mol. The smallest absolute Gasteiger partial charge is 0.223 e. The number of nitrogens with zero attached hydrogens (tertiary/aromatic N) is 2. The van der Waals surface area contributed by atoms with Crippen LogP contribution in [0, 0.1) is 0 Å². The summed E-state index contributed by atoms with van der Waals surface area (Å²) in [6.45, 7) is 2.78. The number of rotatable bonds is 5. The summed E-state index contributed by atoms with van der Waals surface area (Å²) in [4.78, 5) is 8.49. The molecule has 0 fully saturated rings.